The Morgan fingerprint density at radius 2 is 1.91 bits per heavy atom. The van der Waals surface area contributed by atoms with Crippen LogP contribution in [0.25, 0.3) is 11.0 Å². The maximum Gasteiger partial charge on any atom is 0.249 e. The predicted octanol–water partition coefficient (Wildman–Crippen LogP) is 3.59. The van der Waals surface area contributed by atoms with Crippen molar-refractivity contribution in [2.24, 2.45) is 0 Å². The van der Waals surface area contributed by atoms with Crippen LogP contribution >= 0.6 is 11.3 Å². The zero-order valence-corrected chi connectivity index (χ0v) is 20.0. The minimum Gasteiger partial charge on any atom is -0.383 e. The Hall–Kier alpha value is -3.56. The summed E-state index contributed by atoms with van der Waals surface area (Å²) < 4.78 is 6.67. The molecule has 2 aromatic carbocycles. The summed E-state index contributed by atoms with van der Waals surface area (Å²) in [6.45, 7) is 2.72. The van der Waals surface area contributed by atoms with Gasteiger partial charge in [-0.2, -0.15) is 0 Å². The summed E-state index contributed by atoms with van der Waals surface area (Å²) in [6, 6.07) is 18.1. The number of methoxy groups -OCH3 is 1. The maximum absolute atomic E-state index is 13.9. The van der Waals surface area contributed by atoms with Gasteiger partial charge in [0.1, 0.15) is 18.1 Å². The van der Waals surface area contributed by atoms with Crippen LogP contribution in [0.15, 0.2) is 66.0 Å². The van der Waals surface area contributed by atoms with E-state index in [0.29, 0.717) is 30.8 Å². The van der Waals surface area contributed by atoms with Crippen LogP contribution in [0.5, 0.6) is 0 Å². The average molecular weight is 478 g/mol. The smallest absolute Gasteiger partial charge is 0.249 e. The van der Waals surface area contributed by atoms with Crippen LogP contribution in [0.2, 0.25) is 0 Å². The molecule has 8 nitrogen and oxygen atoms in total. The number of benzene rings is 2. The second-order valence-electron chi connectivity index (χ2n) is 7.68. The SMILES string of the molecule is CCc1ccccc1N(C(=O)Cn1nnc2ccccc21)[C@@H](C(=O)NCCOC)c1cccs1. The Morgan fingerprint density at radius 1 is 1.12 bits per heavy atom. The average Bonchev–Trinajstić information content (AvgIpc) is 3.53. The number of amides is 2. The number of aromatic nitrogens is 3. The topological polar surface area (TPSA) is 89.4 Å². The highest BCUT2D eigenvalue weighted by Gasteiger charge is 2.34. The normalized spacial score (nSPS) is 11.9. The van der Waals surface area contributed by atoms with Gasteiger partial charge in [0, 0.05) is 24.2 Å². The number of fused-ring (bicyclic) bond motifs is 1. The van der Waals surface area contributed by atoms with Gasteiger partial charge in [0.05, 0.1) is 12.1 Å². The number of para-hydroxylation sites is 2. The molecule has 4 aromatic rings. The highest BCUT2D eigenvalue weighted by molar-refractivity contribution is 7.10. The molecule has 0 fully saturated rings. The summed E-state index contributed by atoms with van der Waals surface area (Å²) in [4.78, 5) is 29.8. The van der Waals surface area contributed by atoms with Crippen molar-refractivity contribution in [2.45, 2.75) is 25.9 Å². The highest BCUT2D eigenvalue weighted by atomic mass is 32.1. The summed E-state index contributed by atoms with van der Waals surface area (Å²) in [7, 11) is 1.58. The Balaban J connectivity index is 1.77. The van der Waals surface area contributed by atoms with Crippen LogP contribution in [0, 0.1) is 0 Å². The lowest BCUT2D eigenvalue weighted by atomic mass is 10.1. The van der Waals surface area contributed by atoms with E-state index in [4.69, 9.17) is 4.74 Å². The molecule has 2 amide bonds. The summed E-state index contributed by atoms with van der Waals surface area (Å²) >= 11 is 1.44. The fraction of sp³-hybridized carbons (Fsp3) is 0.280. The third kappa shape index (κ3) is 5.00. The van der Waals surface area contributed by atoms with E-state index >= 15 is 0 Å². The van der Waals surface area contributed by atoms with E-state index in [-0.39, 0.29) is 18.4 Å². The third-order valence-corrected chi connectivity index (χ3v) is 6.46. The third-order valence-electron chi connectivity index (χ3n) is 5.53. The molecule has 34 heavy (non-hydrogen) atoms. The molecular formula is C25H27N5O3S. The van der Waals surface area contributed by atoms with Crippen LogP contribution in [0.1, 0.15) is 23.4 Å². The monoisotopic (exact) mass is 477 g/mol. The molecule has 0 bridgehead atoms. The number of rotatable bonds is 10. The first-order valence-corrected chi connectivity index (χ1v) is 12.0. The number of carbonyl (C=O) groups is 2. The van der Waals surface area contributed by atoms with Gasteiger partial charge in [0.2, 0.25) is 11.8 Å². The molecule has 2 aromatic heterocycles. The molecule has 4 rings (SSSR count). The Kier molecular flexibility index (Phi) is 7.66. The van der Waals surface area contributed by atoms with Gasteiger partial charge < -0.3 is 10.1 Å². The van der Waals surface area contributed by atoms with Crippen molar-refractivity contribution >= 4 is 39.9 Å². The lowest BCUT2D eigenvalue weighted by molar-refractivity contribution is -0.127. The summed E-state index contributed by atoms with van der Waals surface area (Å²) in [5, 5.41) is 13.2. The van der Waals surface area contributed by atoms with Crippen LogP contribution in [0.3, 0.4) is 0 Å². The van der Waals surface area contributed by atoms with Gasteiger partial charge in [-0.25, -0.2) is 4.68 Å². The first kappa shape index (κ1) is 23.6. The van der Waals surface area contributed by atoms with E-state index in [0.717, 1.165) is 16.0 Å². The summed E-state index contributed by atoms with van der Waals surface area (Å²) in [5.41, 5.74) is 3.16. The van der Waals surface area contributed by atoms with Gasteiger partial charge in [0.25, 0.3) is 0 Å². The lowest BCUT2D eigenvalue weighted by Gasteiger charge is -2.32. The molecular weight excluding hydrogens is 450 g/mol. The molecule has 0 aliphatic rings. The molecule has 0 saturated carbocycles. The molecule has 0 radical (unpaired) electrons. The second-order valence-corrected chi connectivity index (χ2v) is 8.66. The van der Waals surface area contributed by atoms with Gasteiger partial charge in [-0.1, -0.05) is 48.5 Å². The van der Waals surface area contributed by atoms with E-state index in [1.165, 1.54) is 11.3 Å². The summed E-state index contributed by atoms with van der Waals surface area (Å²) in [5.74, 6) is -0.515. The number of aryl methyl sites for hydroxylation is 1. The van der Waals surface area contributed by atoms with E-state index in [1.807, 2.05) is 73.0 Å². The molecule has 0 saturated heterocycles. The molecule has 1 N–H and O–H groups in total. The van der Waals surface area contributed by atoms with Crippen LogP contribution in [-0.4, -0.2) is 47.1 Å². The van der Waals surface area contributed by atoms with Crippen molar-refractivity contribution in [3.05, 3.63) is 76.5 Å². The Bertz CT molecular complexity index is 1250. The van der Waals surface area contributed by atoms with Crippen molar-refractivity contribution in [3.63, 3.8) is 0 Å². The molecule has 1 atom stereocenters. The highest BCUT2D eigenvalue weighted by Crippen LogP contribution is 2.33. The predicted molar refractivity (Wildman–Crippen MR) is 133 cm³/mol. The van der Waals surface area contributed by atoms with Crippen molar-refractivity contribution < 1.29 is 14.3 Å². The minimum absolute atomic E-state index is 0.0498. The zero-order valence-electron chi connectivity index (χ0n) is 19.2. The molecule has 2 heterocycles. The number of carbonyl (C=O) groups excluding carboxylic acids is 2. The Labute approximate surface area is 202 Å². The second kappa shape index (κ2) is 11.0. The number of ether oxygens (including phenoxy) is 1. The fourth-order valence-corrected chi connectivity index (χ4v) is 4.71. The minimum atomic E-state index is -0.827. The van der Waals surface area contributed by atoms with E-state index in [1.54, 1.807) is 16.7 Å². The van der Waals surface area contributed by atoms with Crippen molar-refractivity contribution in [1.29, 1.82) is 0 Å². The number of nitrogens with one attached hydrogen (secondary N) is 1. The summed E-state index contributed by atoms with van der Waals surface area (Å²) in [6.07, 6.45) is 0.717. The maximum atomic E-state index is 13.9. The van der Waals surface area contributed by atoms with Crippen LogP contribution < -0.4 is 10.2 Å². The number of hydrogen-bond acceptors (Lipinski definition) is 6. The largest absolute Gasteiger partial charge is 0.383 e. The first-order valence-electron chi connectivity index (χ1n) is 11.1. The zero-order chi connectivity index (χ0) is 23.9. The molecule has 9 heteroatoms. The Morgan fingerprint density at radius 3 is 2.68 bits per heavy atom. The first-order chi connectivity index (χ1) is 16.6. The number of thiophene rings is 1. The standard InChI is InChI=1S/C25H27N5O3S/c1-3-18-9-4-6-11-20(18)30(23(31)17-29-21-12-7-5-10-19(21)27-28-29)24(22-13-8-16-34-22)25(32)26-14-15-33-2/h4-13,16,24H,3,14-15,17H2,1-2H3,(H,26,32)/t24-/m1/s1. The van der Waals surface area contributed by atoms with Crippen LogP contribution in [0.4, 0.5) is 5.69 Å². The van der Waals surface area contributed by atoms with Gasteiger partial charge in [-0.05, 0) is 41.6 Å². The lowest BCUT2D eigenvalue weighted by Crippen LogP contribution is -2.46. The molecule has 0 aliphatic heterocycles. The number of nitrogens with zero attached hydrogens (tertiary/aromatic N) is 4. The molecule has 176 valence electrons. The van der Waals surface area contributed by atoms with Gasteiger partial charge >= 0.3 is 0 Å². The van der Waals surface area contributed by atoms with E-state index < -0.39 is 6.04 Å². The van der Waals surface area contributed by atoms with E-state index in [9.17, 15) is 9.59 Å². The van der Waals surface area contributed by atoms with Crippen molar-refractivity contribution in [1.82, 2.24) is 20.3 Å². The van der Waals surface area contributed by atoms with E-state index in [2.05, 4.69) is 15.6 Å². The van der Waals surface area contributed by atoms with Crippen molar-refractivity contribution in [2.75, 3.05) is 25.2 Å². The molecule has 0 aliphatic carbocycles. The van der Waals surface area contributed by atoms with Gasteiger partial charge in [0.15, 0.2) is 0 Å². The quantitative estimate of drug-likeness (QED) is 0.353. The molecule has 0 spiro atoms. The van der Waals surface area contributed by atoms with Gasteiger partial charge in [-0.15, -0.1) is 16.4 Å². The van der Waals surface area contributed by atoms with Crippen LogP contribution in [-0.2, 0) is 27.3 Å². The number of hydrogen-bond donors (Lipinski definition) is 1. The van der Waals surface area contributed by atoms with Gasteiger partial charge in [-0.3, -0.25) is 14.5 Å². The number of anilines is 1. The molecule has 0 unspecified atom stereocenters. The fourth-order valence-electron chi connectivity index (χ4n) is 3.89. The van der Waals surface area contributed by atoms with Crippen molar-refractivity contribution in [3.8, 4) is 0 Å².